The molecule has 0 fully saturated rings. The number of nitrogens with zero attached hydrogens (tertiary/aromatic N) is 2. The number of hydrogen-bond donors (Lipinski definition) is 1. The van der Waals surface area contributed by atoms with Gasteiger partial charge in [0.05, 0.1) is 30.7 Å². The van der Waals surface area contributed by atoms with E-state index in [1.807, 2.05) is 0 Å². The first-order valence-corrected chi connectivity index (χ1v) is 14.8. The van der Waals surface area contributed by atoms with Crippen LogP contribution in [-0.2, 0) is 26.2 Å². The van der Waals surface area contributed by atoms with E-state index < -0.39 is 34.4 Å². The molecule has 2 amide bonds. The second kappa shape index (κ2) is 13.2. The summed E-state index contributed by atoms with van der Waals surface area (Å²) in [6, 6.07) is 15.9. The van der Waals surface area contributed by atoms with Gasteiger partial charge >= 0.3 is 0 Å². The third-order valence-electron chi connectivity index (χ3n) is 5.75. The van der Waals surface area contributed by atoms with Crippen LogP contribution in [0.2, 0.25) is 20.1 Å². The van der Waals surface area contributed by atoms with E-state index in [0.717, 1.165) is 4.31 Å². The average Bonchev–Trinajstić information content (AvgIpc) is 2.89. The number of sulfonamides is 1. The van der Waals surface area contributed by atoms with Crippen molar-refractivity contribution in [2.75, 3.05) is 10.8 Å². The molecule has 0 aliphatic rings. The van der Waals surface area contributed by atoms with Gasteiger partial charge in [-0.1, -0.05) is 76.7 Å². The van der Waals surface area contributed by atoms with E-state index in [9.17, 15) is 18.0 Å². The van der Waals surface area contributed by atoms with Gasteiger partial charge in [-0.05, 0) is 62.7 Å². The van der Waals surface area contributed by atoms with Crippen LogP contribution in [0.5, 0.6) is 0 Å². The summed E-state index contributed by atoms with van der Waals surface area (Å²) in [5.41, 5.74) is 0.621. The van der Waals surface area contributed by atoms with Crippen molar-refractivity contribution in [1.82, 2.24) is 10.2 Å². The Morgan fingerprint density at radius 1 is 0.846 bits per heavy atom. The smallest absolute Gasteiger partial charge is 0.264 e. The van der Waals surface area contributed by atoms with Crippen molar-refractivity contribution in [3.63, 3.8) is 0 Å². The van der Waals surface area contributed by atoms with E-state index in [2.05, 4.69) is 5.32 Å². The van der Waals surface area contributed by atoms with E-state index in [1.165, 1.54) is 35.2 Å². The highest BCUT2D eigenvalue weighted by Gasteiger charge is 2.33. The molecule has 0 radical (unpaired) electrons. The van der Waals surface area contributed by atoms with Gasteiger partial charge < -0.3 is 10.2 Å². The quantitative estimate of drug-likeness (QED) is 0.279. The monoisotopic (exact) mass is 629 g/mol. The van der Waals surface area contributed by atoms with Crippen molar-refractivity contribution in [3.8, 4) is 0 Å². The molecule has 0 saturated carbocycles. The van der Waals surface area contributed by atoms with Crippen LogP contribution < -0.4 is 9.62 Å². The van der Waals surface area contributed by atoms with Gasteiger partial charge in [-0.15, -0.1) is 0 Å². The molecule has 7 nitrogen and oxygen atoms in total. The highest BCUT2D eigenvalue weighted by Crippen LogP contribution is 2.35. The van der Waals surface area contributed by atoms with Gasteiger partial charge in [-0.25, -0.2) is 8.42 Å². The Labute approximate surface area is 248 Å². The number of carbonyl (C=O) groups is 2. The van der Waals surface area contributed by atoms with Gasteiger partial charge in [-0.2, -0.15) is 0 Å². The van der Waals surface area contributed by atoms with Gasteiger partial charge in [0.2, 0.25) is 11.8 Å². The standard InChI is InChI=1S/C27H27Cl4N3O4S/c1-17(2)32-27(36)18(3)33(15-19-12-13-21(28)23(30)14-19)25(35)16-34(24-11-7-10-22(29)26(24)31)39(37,38)20-8-5-4-6-9-20/h4-14,17-18H,15-16H2,1-3H3,(H,32,36)/t18-/m1/s1. The Bertz CT molecular complexity index is 1450. The van der Waals surface area contributed by atoms with Crippen molar-refractivity contribution in [2.45, 2.75) is 44.3 Å². The normalized spacial score (nSPS) is 12.2. The Kier molecular flexibility index (Phi) is 10.5. The number of anilines is 1. The Balaban J connectivity index is 2.08. The fourth-order valence-corrected chi connectivity index (χ4v) is 5.96. The predicted molar refractivity (Wildman–Crippen MR) is 157 cm³/mol. The van der Waals surface area contributed by atoms with Crippen molar-refractivity contribution in [1.29, 1.82) is 0 Å². The molecule has 3 aromatic rings. The first-order chi connectivity index (χ1) is 18.3. The number of rotatable bonds is 10. The largest absolute Gasteiger partial charge is 0.352 e. The molecule has 39 heavy (non-hydrogen) atoms. The summed E-state index contributed by atoms with van der Waals surface area (Å²) in [6.07, 6.45) is 0. The minimum absolute atomic E-state index is 0.0233. The summed E-state index contributed by atoms with van der Waals surface area (Å²) in [5, 5.41) is 3.49. The lowest BCUT2D eigenvalue weighted by molar-refractivity contribution is -0.139. The molecule has 3 aromatic carbocycles. The van der Waals surface area contributed by atoms with E-state index in [4.69, 9.17) is 46.4 Å². The fourth-order valence-electron chi connectivity index (χ4n) is 3.74. The Morgan fingerprint density at radius 2 is 1.51 bits per heavy atom. The summed E-state index contributed by atoms with van der Waals surface area (Å²) in [6.45, 7) is 4.47. The number of nitrogens with one attached hydrogen (secondary N) is 1. The van der Waals surface area contributed by atoms with Crippen LogP contribution >= 0.6 is 46.4 Å². The number of halogens is 4. The SMILES string of the molecule is CC(C)NC(=O)[C@@H](C)N(Cc1ccc(Cl)c(Cl)c1)C(=O)CN(c1cccc(Cl)c1Cl)S(=O)(=O)c1ccccc1. The second-order valence-corrected chi connectivity index (χ2v) is 12.5. The molecule has 0 saturated heterocycles. The zero-order chi connectivity index (χ0) is 28.9. The number of benzene rings is 3. The third kappa shape index (κ3) is 7.58. The molecule has 1 N–H and O–H groups in total. The summed E-state index contributed by atoms with van der Waals surface area (Å²) < 4.78 is 28.5. The summed E-state index contributed by atoms with van der Waals surface area (Å²) in [7, 11) is -4.27. The van der Waals surface area contributed by atoms with E-state index in [-0.39, 0.29) is 38.2 Å². The van der Waals surface area contributed by atoms with E-state index >= 15 is 0 Å². The maximum absolute atomic E-state index is 13.9. The topological polar surface area (TPSA) is 86.8 Å². The van der Waals surface area contributed by atoms with Gasteiger partial charge in [0.1, 0.15) is 12.6 Å². The number of hydrogen-bond acceptors (Lipinski definition) is 4. The van der Waals surface area contributed by atoms with Crippen LogP contribution in [0.15, 0.2) is 71.6 Å². The maximum Gasteiger partial charge on any atom is 0.264 e. The van der Waals surface area contributed by atoms with Crippen LogP contribution in [0.25, 0.3) is 0 Å². The van der Waals surface area contributed by atoms with Gasteiger partial charge in [0.15, 0.2) is 0 Å². The molecule has 0 heterocycles. The van der Waals surface area contributed by atoms with Crippen molar-refractivity contribution in [3.05, 3.63) is 92.4 Å². The lowest BCUT2D eigenvalue weighted by Crippen LogP contribution is -2.52. The third-order valence-corrected chi connectivity index (χ3v) is 9.07. The average molecular weight is 631 g/mol. The van der Waals surface area contributed by atoms with Crippen LogP contribution in [-0.4, -0.2) is 43.8 Å². The number of amides is 2. The van der Waals surface area contributed by atoms with Crippen molar-refractivity contribution < 1.29 is 18.0 Å². The molecule has 0 unspecified atom stereocenters. The molecule has 0 bridgehead atoms. The van der Waals surface area contributed by atoms with Crippen LogP contribution in [0, 0.1) is 0 Å². The van der Waals surface area contributed by atoms with Crippen molar-refractivity contribution in [2.24, 2.45) is 0 Å². The minimum Gasteiger partial charge on any atom is -0.352 e. The maximum atomic E-state index is 13.9. The molecule has 0 aliphatic heterocycles. The first kappa shape index (κ1) is 31.0. The lowest BCUT2D eigenvalue weighted by Gasteiger charge is -2.32. The second-order valence-electron chi connectivity index (χ2n) is 9.01. The number of carbonyl (C=O) groups excluding carboxylic acids is 2. The minimum atomic E-state index is -4.27. The van der Waals surface area contributed by atoms with Crippen LogP contribution in [0.3, 0.4) is 0 Å². The molecule has 12 heteroatoms. The highest BCUT2D eigenvalue weighted by molar-refractivity contribution is 7.92. The molecule has 3 rings (SSSR count). The molecular formula is C27H27Cl4N3O4S. The summed E-state index contributed by atoms with van der Waals surface area (Å²) in [5.74, 6) is -1.06. The lowest BCUT2D eigenvalue weighted by atomic mass is 10.1. The molecule has 0 spiro atoms. The molecule has 208 valence electrons. The Morgan fingerprint density at radius 3 is 2.13 bits per heavy atom. The summed E-state index contributed by atoms with van der Waals surface area (Å²) >= 11 is 24.9. The van der Waals surface area contributed by atoms with Gasteiger partial charge in [0, 0.05) is 12.6 Å². The van der Waals surface area contributed by atoms with Crippen molar-refractivity contribution >= 4 is 73.9 Å². The molecule has 0 aliphatic carbocycles. The zero-order valence-corrected chi connectivity index (χ0v) is 25.2. The van der Waals surface area contributed by atoms with Crippen LogP contribution in [0.4, 0.5) is 5.69 Å². The molecular weight excluding hydrogens is 604 g/mol. The van der Waals surface area contributed by atoms with Gasteiger partial charge in [0.25, 0.3) is 10.0 Å². The zero-order valence-electron chi connectivity index (χ0n) is 21.4. The first-order valence-electron chi connectivity index (χ1n) is 11.9. The van der Waals surface area contributed by atoms with Crippen LogP contribution in [0.1, 0.15) is 26.3 Å². The molecule has 0 aromatic heterocycles. The predicted octanol–water partition coefficient (Wildman–Crippen LogP) is 6.44. The van der Waals surface area contributed by atoms with E-state index in [0.29, 0.717) is 10.6 Å². The Hall–Kier alpha value is -2.49. The summed E-state index contributed by atoms with van der Waals surface area (Å²) in [4.78, 5) is 28.1. The van der Waals surface area contributed by atoms with E-state index in [1.54, 1.807) is 57.2 Å². The van der Waals surface area contributed by atoms with Gasteiger partial charge in [-0.3, -0.25) is 13.9 Å². The molecule has 1 atom stereocenters. The highest BCUT2D eigenvalue weighted by atomic mass is 35.5. The fraction of sp³-hybridized carbons (Fsp3) is 0.259.